The molecule has 0 saturated carbocycles. The molecule has 2 aromatic carbocycles. The Morgan fingerprint density at radius 2 is 1.79 bits per heavy atom. The topological polar surface area (TPSA) is 54.2 Å². The highest BCUT2D eigenvalue weighted by molar-refractivity contribution is 5.95. The molecule has 1 unspecified atom stereocenters. The van der Waals surface area contributed by atoms with Crippen LogP contribution in [0, 0.1) is 13.8 Å². The lowest BCUT2D eigenvalue weighted by Gasteiger charge is -2.34. The second-order valence-electron chi connectivity index (χ2n) is 7.98. The largest absolute Gasteiger partial charge is 0.491 e. The Labute approximate surface area is 173 Å². The molecule has 156 valence electrons. The van der Waals surface area contributed by atoms with Gasteiger partial charge in [0.15, 0.2) is 5.78 Å². The smallest absolute Gasteiger partial charge is 0.162 e. The van der Waals surface area contributed by atoms with E-state index in [1.54, 1.807) is 24.3 Å². The minimum absolute atomic E-state index is 0.125. The maximum absolute atomic E-state index is 11.7. The van der Waals surface area contributed by atoms with Crippen LogP contribution in [0.1, 0.15) is 34.8 Å². The summed E-state index contributed by atoms with van der Waals surface area (Å²) in [6.45, 7) is 11.1. The molecule has 0 aliphatic carbocycles. The number of Topliss-reactive ketones (excluding diaryl/α,β-unsaturated/α-hetero) is 1. The van der Waals surface area contributed by atoms with Gasteiger partial charge in [0.2, 0.25) is 0 Å². The number of benzene rings is 2. The number of rotatable bonds is 8. The number of carbonyl (C=O) groups is 1. The molecule has 1 aliphatic heterocycles. The van der Waals surface area contributed by atoms with E-state index in [-0.39, 0.29) is 12.4 Å². The van der Waals surface area contributed by atoms with Gasteiger partial charge in [0.05, 0.1) is 26.2 Å². The van der Waals surface area contributed by atoms with Gasteiger partial charge in [-0.2, -0.15) is 0 Å². The van der Waals surface area contributed by atoms with Crippen molar-refractivity contribution in [3.05, 3.63) is 59.2 Å². The lowest BCUT2D eigenvalue weighted by molar-refractivity contribution is -0.903. The van der Waals surface area contributed by atoms with Crippen LogP contribution in [0.3, 0.4) is 0 Å². The zero-order valence-electron chi connectivity index (χ0n) is 17.8. The van der Waals surface area contributed by atoms with Gasteiger partial charge in [0.25, 0.3) is 0 Å². The first-order chi connectivity index (χ1) is 14.0. The first-order valence-corrected chi connectivity index (χ1v) is 10.6. The third kappa shape index (κ3) is 5.81. The van der Waals surface area contributed by atoms with Gasteiger partial charge in [0, 0.05) is 17.7 Å². The van der Waals surface area contributed by atoms with E-state index >= 15 is 0 Å². The molecule has 1 atom stereocenters. The Balaban J connectivity index is 1.42. The van der Waals surface area contributed by atoms with Crippen LogP contribution in [0.2, 0.25) is 0 Å². The summed E-state index contributed by atoms with van der Waals surface area (Å²) >= 11 is 0. The quantitative estimate of drug-likeness (QED) is 0.670. The molecular weight excluding hydrogens is 364 g/mol. The molecule has 0 radical (unpaired) electrons. The van der Waals surface area contributed by atoms with Gasteiger partial charge in [0.1, 0.15) is 25.0 Å². The third-order valence-corrected chi connectivity index (χ3v) is 5.79. The van der Waals surface area contributed by atoms with E-state index in [0.29, 0.717) is 24.3 Å². The zero-order chi connectivity index (χ0) is 20.8. The highest BCUT2D eigenvalue weighted by atomic mass is 16.5. The fourth-order valence-corrected chi connectivity index (χ4v) is 3.73. The number of hydrogen-bond acceptors (Lipinski definition) is 4. The number of hydrogen-bond donors (Lipinski definition) is 2. The van der Waals surface area contributed by atoms with Crippen molar-refractivity contribution in [2.24, 2.45) is 0 Å². The summed E-state index contributed by atoms with van der Waals surface area (Å²) in [4.78, 5) is 15.5. The van der Waals surface area contributed by atoms with Gasteiger partial charge in [-0.25, -0.2) is 0 Å². The van der Waals surface area contributed by atoms with Gasteiger partial charge < -0.3 is 19.6 Å². The van der Waals surface area contributed by atoms with Gasteiger partial charge in [-0.1, -0.05) is 13.0 Å². The van der Waals surface area contributed by atoms with Crippen LogP contribution in [-0.4, -0.2) is 56.3 Å². The fourth-order valence-electron chi connectivity index (χ4n) is 3.73. The zero-order valence-corrected chi connectivity index (χ0v) is 17.8. The van der Waals surface area contributed by atoms with E-state index in [2.05, 4.69) is 36.9 Å². The van der Waals surface area contributed by atoms with Crippen molar-refractivity contribution >= 4 is 11.5 Å². The van der Waals surface area contributed by atoms with E-state index in [0.717, 1.165) is 26.2 Å². The van der Waals surface area contributed by atoms with E-state index in [1.165, 1.54) is 21.7 Å². The number of aliphatic hydroxyl groups is 1. The molecule has 1 fully saturated rings. The maximum atomic E-state index is 11.7. The number of nitrogens with one attached hydrogen (secondary N) is 1. The molecular formula is C24H33N2O3+. The van der Waals surface area contributed by atoms with Crippen LogP contribution in [-0.2, 0) is 0 Å². The van der Waals surface area contributed by atoms with Crippen molar-refractivity contribution in [1.82, 2.24) is 0 Å². The highest BCUT2D eigenvalue weighted by Gasteiger charge is 2.23. The van der Waals surface area contributed by atoms with Gasteiger partial charge in [-0.15, -0.1) is 0 Å². The van der Waals surface area contributed by atoms with Crippen molar-refractivity contribution in [3.8, 4) is 5.75 Å². The van der Waals surface area contributed by atoms with E-state index in [1.807, 2.05) is 6.92 Å². The Hall–Kier alpha value is -2.37. The first kappa shape index (κ1) is 21.3. The van der Waals surface area contributed by atoms with Crippen molar-refractivity contribution < 1.29 is 19.5 Å². The van der Waals surface area contributed by atoms with Crippen molar-refractivity contribution in [1.29, 1.82) is 0 Å². The Bertz CT molecular complexity index is 811. The third-order valence-electron chi connectivity index (χ3n) is 5.79. The number of nitrogens with zero attached hydrogens (tertiary/aromatic N) is 1. The van der Waals surface area contributed by atoms with Crippen LogP contribution in [0.4, 0.5) is 5.69 Å². The van der Waals surface area contributed by atoms with Crippen molar-refractivity contribution in [3.63, 3.8) is 0 Å². The lowest BCUT2D eigenvalue weighted by Crippen LogP contribution is -3.16. The average Bonchev–Trinajstić information content (AvgIpc) is 2.74. The van der Waals surface area contributed by atoms with E-state index in [9.17, 15) is 9.90 Å². The summed E-state index contributed by atoms with van der Waals surface area (Å²) in [5.41, 5.74) is 4.65. The number of aliphatic hydroxyl groups excluding tert-OH is 1. The predicted molar refractivity (Wildman–Crippen MR) is 116 cm³/mol. The minimum atomic E-state index is -0.505. The number of anilines is 1. The van der Waals surface area contributed by atoms with Crippen LogP contribution in [0.25, 0.3) is 0 Å². The molecule has 3 rings (SSSR count). The maximum Gasteiger partial charge on any atom is 0.162 e. The Kier molecular flexibility index (Phi) is 7.29. The molecule has 0 bridgehead atoms. The minimum Gasteiger partial charge on any atom is -0.491 e. The number of ketones is 1. The summed E-state index contributed by atoms with van der Waals surface area (Å²) in [5, 5.41) is 10.4. The number of ether oxygens (including phenoxy) is 1. The fraction of sp³-hybridized carbons (Fsp3) is 0.458. The monoisotopic (exact) mass is 397 g/mol. The molecule has 1 aliphatic rings. The second-order valence-corrected chi connectivity index (χ2v) is 7.98. The van der Waals surface area contributed by atoms with Gasteiger partial charge in [-0.05, 0) is 61.4 Å². The van der Waals surface area contributed by atoms with Crippen molar-refractivity contribution in [2.75, 3.05) is 44.2 Å². The SMILES string of the molecule is CCC(=O)c1ccc(OCC(O)C[NH+]2CCN(c3ccc(C)c(C)c3)CC2)cc1. The summed E-state index contributed by atoms with van der Waals surface area (Å²) in [6.07, 6.45) is -0.00603. The van der Waals surface area contributed by atoms with Crippen LogP contribution in [0.5, 0.6) is 5.75 Å². The van der Waals surface area contributed by atoms with E-state index < -0.39 is 6.10 Å². The predicted octanol–water partition coefficient (Wildman–Crippen LogP) is 2.04. The average molecular weight is 398 g/mol. The van der Waals surface area contributed by atoms with Crippen molar-refractivity contribution in [2.45, 2.75) is 33.3 Å². The summed E-state index contributed by atoms with van der Waals surface area (Å²) in [5.74, 6) is 0.811. The molecule has 0 spiro atoms. The first-order valence-electron chi connectivity index (χ1n) is 10.6. The number of piperazine rings is 1. The molecule has 0 amide bonds. The molecule has 2 N–H and O–H groups in total. The standard InChI is InChI=1S/C24H32N2O3/c1-4-24(28)20-6-9-23(10-7-20)29-17-22(27)16-25-11-13-26(14-12-25)21-8-5-18(2)19(3)15-21/h5-10,15,22,27H,4,11-14,16-17H2,1-3H3/p+1. The van der Waals surface area contributed by atoms with Crippen LogP contribution < -0.4 is 14.5 Å². The lowest BCUT2D eigenvalue weighted by atomic mass is 10.1. The molecule has 5 nitrogen and oxygen atoms in total. The number of carbonyl (C=O) groups excluding carboxylic acids is 1. The van der Waals surface area contributed by atoms with Crippen LogP contribution in [0.15, 0.2) is 42.5 Å². The summed E-state index contributed by atoms with van der Waals surface area (Å²) < 4.78 is 5.71. The molecule has 2 aromatic rings. The Morgan fingerprint density at radius 1 is 1.10 bits per heavy atom. The molecule has 29 heavy (non-hydrogen) atoms. The molecule has 5 heteroatoms. The van der Waals surface area contributed by atoms with E-state index in [4.69, 9.17) is 4.74 Å². The molecule has 1 saturated heterocycles. The van der Waals surface area contributed by atoms with Crippen LogP contribution >= 0.6 is 0 Å². The molecule has 0 aromatic heterocycles. The summed E-state index contributed by atoms with van der Waals surface area (Å²) in [7, 11) is 0. The molecule has 1 heterocycles. The summed E-state index contributed by atoms with van der Waals surface area (Å²) in [6, 6.07) is 13.8. The Morgan fingerprint density at radius 3 is 2.41 bits per heavy atom. The normalized spacial score (nSPS) is 15.9. The second kappa shape index (κ2) is 9.90. The van der Waals surface area contributed by atoms with Gasteiger partial charge in [-0.3, -0.25) is 4.79 Å². The number of aryl methyl sites for hydroxylation is 2. The van der Waals surface area contributed by atoms with Gasteiger partial charge >= 0.3 is 0 Å². The number of quaternary nitrogens is 1. The highest BCUT2D eigenvalue weighted by Crippen LogP contribution is 2.18.